The van der Waals surface area contributed by atoms with E-state index in [1.54, 1.807) is 0 Å². The number of hydrogen-bond acceptors (Lipinski definition) is 1. The van der Waals surface area contributed by atoms with Crippen LogP contribution in [-0.4, -0.2) is 4.57 Å². The normalized spacial score (nSPS) is 11.3. The minimum Gasteiger partial charge on any atom is -0.311 e. The van der Waals surface area contributed by atoms with Crippen molar-refractivity contribution in [2.45, 2.75) is 0 Å². The summed E-state index contributed by atoms with van der Waals surface area (Å²) in [6, 6.07) is 78.7. The highest BCUT2D eigenvalue weighted by Gasteiger charge is 2.19. The molecule has 0 aliphatic heterocycles. The molecule has 0 fully saturated rings. The van der Waals surface area contributed by atoms with Crippen molar-refractivity contribution in [3.8, 4) is 39.1 Å². The topological polar surface area (TPSA) is 8.17 Å². The van der Waals surface area contributed by atoms with Gasteiger partial charge in [-0.3, -0.25) is 0 Å². The molecule has 0 aliphatic rings. The Kier molecular flexibility index (Phi) is 7.85. The SMILES string of the molecule is c1ccc(-c2ccccc2-c2cccc3ccc4c(c5ccccc5n4-c4ccc(-c5ccc(N(c6ccccc6)c6ccccc6)cc5)cc4)c23)cc1. The van der Waals surface area contributed by atoms with Crippen LogP contribution in [0.3, 0.4) is 0 Å². The van der Waals surface area contributed by atoms with E-state index in [0.29, 0.717) is 0 Å². The van der Waals surface area contributed by atoms with E-state index in [2.05, 4.69) is 228 Å². The lowest BCUT2D eigenvalue weighted by Crippen LogP contribution is -2.09. The van der Waals surface area contributed by atoms with Crippen molar-refractivity contribution in [2.75, 3.05) is 4.90 Å². The summed E-state index contributed by atoms with van der Waals surface area (Å²) < 4.78 is 2.43. The maximum absolute atomic E-state index is 2.43. The zero-order valence-electron chi connectivity index (χ0n) is 29.7. The number of nitrogens with zero attached hydrogens (tertiary/aromatic N) is 2. The molecule has 10 aromatic rings. The maximum Gasteiger partial charge on any atom is 0.0547 e. The van der Waals surface area contributed by atoms with E-state index in [9.17, 15) is 0 Å². The lowest BCUT2D eigenvalue weighted by Gasteiger charge is -2.25. The fraction of sp³-hybridized carbons (Fsp3) is 0. The van der Waals surface area contributed by atoms with Gasteiger partial charge in [0.15, 0.2) is 0 Å². The van der Waals surface area contributed by atoms with E-state index in [0.717, 1.165) is 22.7 Å². The lowest BCUT2D eigenvalue weighted by atomic mass is 9.90. The smallest absolute Gasteiger partial charge is 0.0547 e. The Balaban J connectivity index is 1.07. The number of benzene rings is 9. The van der Waals surface area contributed by atoms with Gasteiger partial charge >= 0.3 is 0 Å². The Bertz CT molecular complexity index is 2850. The molecule has 10 rings (SSSR count). The Morgan fingerprint density at radius 2 is 0.833 bits per heavy atom. The van der Waals surface area contributed by atoms with Crippen molar-refractivity contribution in [1.82, 2.24) is 4.57 Å². The van der Waals surface area contributed by atoms with E-state index >= 15 is 0 Å². The van der Waals surface area contributed by atoms with Crippen LogP contribution >= 0.6 is 0 Å². The van der Waals surface area contributed by atoms with Crippen molar-refractivity contribution in [1.29, 1.82) is 0 Å². The van der Waals surface area contributed by atoms with Crippen LogP contribution in [0.1, 0.15) is 0 Å². The van der Waals surface area contributed by atoms with Gasteiger partial charge in [-0.2, -0.15) is 0 Å². The molecule has 0 aliphatic carbocycles. The molecule has 9 aromatic carbocycles. The van der Waals surface area contributed by atoms with Crippen LogP contribution < -0.4 is 4.90 Å². The summed E-state index contributed by atoms with van der Waals surface area (Å²) in [6.07, 6.45) is 0. The lowest BCUT2D eigenvalue weighted by molar-refractivity contribution is 1.18. The zero-order valence-corrected chi connectivity index (χ0v) is 29.7. The van der Waals surface area contributed by atoms with Gasteiger partial charge in [0.05, 0.1) is 11.0 Å². The fourth-order valence-corrected chi connectivity index (χ4v) is 8.13. The fourth-order valence-electron chi connectivity index (χ4n) is 8.13. The van der Waals surface area contributed by atoms with Crippen molar-refractivity contribution < 1.29 is 0 Å². The second-order valence-electron chi connectivity index (χ2n) is 13.7. The van der Waals surface area contributed by atoms with E-state index < -0.39 is 0 Å². The van der Waals surface area contributed by atoms with Gasteiger partial charge in [-0.05, 0) is 105 Å². The molecule has 0 unspecified atom stereocenters. The largest absolute Gasteiger partial charge is 0.311 e. The van der Waals surface area contributed by atoms with E-state index in [-0.39, 0.29) is 0 Å². The number of fused-ring (bicyclic) bond motifs is 5. The van der Waals surface area contributed by atoms with E-state index in [1.807, 2.05) is 0 Å². The van der Waals surface area contributed by atoms with E-state index in [4.69, 9.17) is 0 Å². The number of para-hydroxylation sites is 3. The first kappa shape index (κ1) is 31.6. The molecule has 0 radical (unpaired) electrons. The summed E-state index contributed by atoms with van der Waals surface area (Å²) in [6.45, 7) is 0. The number of rotatable bonds is 7. The third kappa shape index (κ3) is 5.44. The molecule has 2 nitrogen and oxygen atoms in total. The quantitative estimate of drug-likeness (QED) is 0.162. The molecule has 0 amide bonds. The van der Waals surface area contributed by atoms with Crippen LogP contribution in [0.4, 0.5) is 17.1 Å². The van der Waals surface area contributed by atoms with Crippen LogP contribution in [-0.2, 0) is 0 Å². The predicted molar refractivity (Wildman–Crippen MR) is 229 cm³/mol. The first-order chi connectivity index (χ1) is 26.8. The average Bonchev–Trinajstić information content (AvgIpc) is 3.60. The molecule has 0 atom stereocenters. The van der Waals surface area contributed by atoms with Gasteiger partial charge < -0.3 is 9.47 Å². The molecule has 54 heavy (non-hydrogen) atoms. The third-order valence-electron chi connectivity index (χ3n) is 10.6. The van der Waals surface area contributed by atoms with Gasteiger partial charge in [0.2, 0.25) is 0 Å². The average molecular weight is 689 g/mol. The molecule has 0 spiro atoms. The first-order valence-corrected chi connectivity index (χ1v) is 18.5. The van der Waals surface area contributed by atoms with Crippen molar-refractivity contribution in [3.63, 3.8) is 0 Å². The Morgan fingerprint density at radius 1 is 0.296 bits per heavy atom. The van der Waals surface area contributed by atoms with Gasteiger partial charge in [0, 0.05) is 33.5 Å². The van der Waals surface area contributed by atoms with E-state index in [1.165, 1.54) is 66.0 Å². The molecule has 254 valence electrons. The van der Waals surface area contributed by atoms with Gasteiger partial charge in [-0.1, -0.05) is 158 Å². The van der Waals surface area contributed by atoms with Gasteiger partial charge in [-0.25, -0.2) is 0 Å². The zero-order chi connectivity index (χ0) is 35.8. The Hall–Kier alpha value is -7.16. The number of hydrogen-bond donors (Lipinski definition) is 0. The van der Waals surface area contributed by atoms with Crippen molar-refractivity contribution in [3.05, 3.63) is 218 Å². The summed E-state index contributed by atoms with van der Waals surface area (Å²) >= 11 is 0. The minimum absolute atomic E-state index is 1.12. The predicted octanol–water partition coefficient (Wildman–Crippen LogP) is 14.4. The monoisotopic (exact) mass is 688 g/mol. The van der Waals surface area contributed by atoms with Gasteiger partial charge in [0.1, 0.15) is 0 Å². The Labute approximate surface area is 315 Å². The molecule has 1 aromatic heterocycles. The van der Waals surface area contributed by atoms with Crippen LogP contribution in [0, 0.1) is 0 Å². The highest BCUT2D eigenvalue weighted by Crippen LogP contribution is 2.43. The second kappa shape index (κ2) is 13.4. The maximum atomic E-state index is 2.43. The van der Waals surface area contributed by atoms with Crippen LogP contribution in [0.5, 0.6) is 0 Å². The summed E-state index contributed by atoms with van der Waals surface area (Å²) in [5.41, 5.74) is 14.2. The van der Waals surface area contributed by atoms with Gasteiger partial charge in [0.25, 0.3) is 0 Å². The van der Waals surface area contributed by atoms with Crippen molar-refractivity contribution in [2.24, 2.45) is 0 Å². The molecule has 0 saturated heterocycles. The standard InChI is InChI=1S/C52H36N2/c1-4-15-39(16-5-1)45-22-10-11-23-46(45)47-25-14-17-40-31-36-50-52(51(40)47)48-24-12-13-26-49(48)54(50)44-34-29-38(30-35-44)37-27-32-43(33-28-37)53(41-18-6-2-7-19-41)42-20-8-3-9-21-42/h1-36H. The highest BCUT2D eigenvalue weighted by atomic mass is 15.1. The second-order valence-corrected chi connectivity index (χ2v) is 13.7. The number of aromatic nitrogens is 1. The first-order valence-electron chi connectivity index (χ1n) is 18.5. The third-order valence-corrected chi connectivity index (χ3v) is 10.6. The van der Waals surface area contributed by atoms with Crippen molar-refractivity contribution >= 4 is 49.6 Å². The highest BCUT2D eigenvalue weighted by molar-refractivity contribution is 6.25. The molecular weight excluding hydrogens is 653 g/mol. The number of anilines is 3. The molecular formula is C52H36N2. The molecule has 2 heteroatoms. The van der Waals surface area contributed by atoms with Crippen LogP contribution in [0.25, 0.3) is 71.6 Å². The van der Waals surface area contributed by atoms with Gasteiger partial charge in [-0.15, -0.1) is 0 Å². The molecule has 0 bridgehead atoms. The van der Waals surface area contributed by atoms with Crippen LogP contribution in [0.15, 0.2) is 218 Å². The van der Waals surface area contributed by atoms with Crippen LogP contribution in [0.2, 0.25) is 0 Å². The summed E-state index contributed by atoms with van der Waals surface area (Å²) in [5, 5.41) is 5.05. The summed E-state index contributed by atoms with van der Waals surface area (Å²) in [5.74, 6) is 0. The molecule has 1 heterocycles. The summed E-state index contributed by atoms with van der Waals surface area (Å²) in [7, 11) is 0. The minimum atomic E-state index is 1.12. The molecule has 0 N–H and O–H groups in total. The molecule has 0 saturated carbocycles. The summed E-state index contributed by atoms with van der Waals surface area (Å²) in [4.78, 5) is 2.30. The Morgan fingerprint density at radius 3 is 1.52 bits per heavy atom.